The second-order valence-electron chi connectivity index (χ2n) is 6.15. The van der Waals surface area contributed by atoms with Gasteiger partial charge in [-0.2, -0.15) is 0 Å². The maximum Gasteiger partial charge on any atom is 0.259 e. The first-order valence-corrected chi connectivity index (χ1v) is 10.3. The van der Waals surface area contributed by atoms with Gasteiger partial charge < -0.3 is 4.98 Å². The number of hydrogen-bond acceptors (Lipinski definition) is 6. The number of aryl methyl sites for hydroxylation is 2. The van der Waals surface area contributed by atoms with E-state index in [1.54, 1.807) is 18.2 Å². The van der Waals surface area contributed by atoms with Crippen molar-refractivity contribution in [2.75, 3.05) is 0 Å². The number of hydrogen-bond donors (Lipinski definition) is 2. The normalized spacial score (nSPS) is 11.7. The van der Waals surface area contributed by atoms with Gasteiger partial charge in [0, 0.05) is 4.88 Å². The molecule has 3 aromatic heterocycles. The lowest BCUT2D eigenvalue weighted by Gasteiger charge is -1.98. The van der Waals surface area contributed by atoms with E-state index in [-0.39, 0.29) is 11.4 Å². The van der Waals surface area contributed by atoms with Crippen LogP contribution in [0.4, 0.5) is 4.39 Å². The standard InChI is InChI=1S/C19H16FN5OS2/c1-10-11(2)28-18-16(10)17(26)21-15(22-18)9-27-19-23-14(24-25-19)8-5-12-3-6-13(20)7-4-12/h3-8H,9H2,1-2H3,(H,21,22,26)(H,23,24,25)/b8-5+. The summed E-state index contributed by atoms with van der Waals surface area (Å²) in [5, 5.41) is 8.23. The molecule has 0 saturated carbocycles. The first-order chi connectivity index (χ1) is 13.5. The van der Waals surface area contributed by atoms with Crippen LogP contribution in [0, 0.1) is 19.7 Å². The van der Waals surface area contributed by atoms with Crippen LogP contribution in [0.1, 0.15) is 27.7 Å². The molecular formula is C19H16FN5OS2. The number of benzene rings is 1. The van der Waals surface area contributed by atoms with Gasteiger partial charge in [-0.1, -0.05) is 30.0 Å². The van der Waals surface area contributed by atoms with Gasteiger partial charge in [0.25, 0.3) is 5.56 Å². The third-order valence-electron chi connectivity index (χ3n) is 4.21. The van der Waals surface area contributed by atoms with Crippen molar-refractivity contribution < 1.29 is 4.39 Å². The Bertz CT molecular complexity index is 1220. The molecule has 6 nitrogen and oxygen atoms in total. The van der Waals surface area contributed by atoms with Gasteiger partial charge >= 0.3 is 0 Å². The van der Waals surface area contributed by atoms with Gasteiger partial charge in [0.15, 0.2) is 0 Å². The van der Waals surface area contributed by atoms with Crippen LogP contribution in [0.2, 0.25) is 0 Å². The van der Waals surface area contributed by atoms with E-state index in [1.807, 2.05) is 19.9 Å². The van der Waals surface area contributed by atoms with E-state index in [9.17, 15) is 9.18 Å². The predicted octanol–water partition coefficient (Wildman–Crippen LogP) is 4.32. The number of rotatable bonds is 5. The molecule has 0 aliphatic rings. The van der Waals surface area contributed by atoms with Crippen molar-refractivity contribution in [3.05, 3.63) is 68.1 Å². The second-order valence-corrected chi connectivity index (χ2v) is 8.30. The van der Waals surface area contributed by atoms with Crippen LogP contribution in [-0.4, -0.2) is 25.1 Å². The number of aromatic amines is 2. The Hall–Kier alpha value is -2.78. The average Bonchev–Trinajstić information content (AvgIpc) is 3.24. The van der Waals surface area contributed by atoms with Crippen LogP contribution in [0.25, 0.3) is 22.4 Å². The molecule has 0 unspecified atom stereocenters. The Labute approximate surface area is 168 Å². The van der Waals surface area contributed by atoms with Crippen molar-refractivity contribution in [1.29, 1.82) is 0 Å². The zero-order valence-corrected chi connectivity index (χ0v) is 16.7. The highest BCUT2D eigenvalue weighted by atomic mass is 32.2. The van der Waals surface area contributed by atoms with Crippen LogP contribution in [0.5, 0.6) is 0 Å². The summed E-state index contributed by atoms with van der Waals surface area (Å²) in [5.41, 5.74) is 1.74. The minimum Gasteiger partial charge on any atom is -0.309 e. The van der Waals surface area contributed by atoms with Gasteiger partial charge in [-0.3, -0.25) is 9.89 Å². The molecule has 4 rings (SSSR count). The lowest BCUT2D eigenvalue weighted by atomic mass is 10.2. The molecule has 0 spiro atoms. The topological polar surface area (TPSA) is 87.3 Å². The molecular weight excluding hydrogens is 397 g/mol. The van der Waals surface area contributed by atoms with E-state index in [2.05, 4.69) is 25.1 Å². The summed E-state index contributed by atoms with van der Waals surface area (Å²) < 4.78 is 12.9. The Morgan fingerprint density at radius 1 is 1.18 bits per heavy atom. The van der Waals surface area contributed by atoms with Gasteiger partial charge in [0.2, 0.25) is 5.16 Å². The number of thioether (sulfide) groups is 1. The van der Waals surface area contributed by atoms with Crippen molar-refractivity contribution in [3.63, 3.8) is 0 Å². The van der Waals surface area contributed by atoms with Crippen molar-refractivity contribution in [3.8, 4) is 0 Å². The van der Waals surface area contributed by atoms with E-state index in [0.29, 0.717) is 27.9 Å². The summed E-state index contributed by atoms with van der Waals surface area (Å²) in [4.78, 5) is 26.0. The quantitative estimate of drug-likeness (QED) is 0.476. The van der Waals surface area contributed by atoms with E-state index >= 15 is 0 Å². The maximum atomic E-state index is 12.9. The Balaban J connectivity index is 1.45. The van der Waals surface area contributed by atoms with E-state index in [0.717, 1.165) is 20.8 Å². The second kappa shape index (κ2) is 7.69. The zero-order valence-electron chi connectivity index (χ0n) is 15.1. The van der Waals surface area contributed by atoms with Gasteiger partial charge in [-0.05, 0) is 43.2 Å². The van der Waals surface area contributed by atoms with Crippen LogP contribution in [0.15, 0.2) is 34.2 Å². The molecule has 142 valence electrons. The highest BCUT2D eigenvalue weighted by Gasteiger charge is 2.12. The fourth-order valence-corrected chi connectivity index (χ4v) is 4.37. The molecule has 3 heterocycles. The third-order valence-corrected chi connectivity index (χ3v) is 6.17. The van der Waals surface area contributed by atoms with Crippen LogP contribution in [0.3, 0.4) is 0 Å². The zero-order chi connectivity index (χ0) is 19.7. The van der Waals surface area contributed by atoms with Crippen molar-refractivity contribution in [2.45, 2.75) is 24.8 Å². The number of fused-ring (bicyclic) bond motifs is 1. The van der Waals surface area contributed by atoms with Crippen LogP contribution >= 0.6 is 23.1 Å². The van der Waals surface area contributed by atoms with Crippen LogP contribution in [-0.2, 0) is 5.75 Å². The first-order valence-electron chi connectivity index (χ1n) is 8.47. The predicted molar refractivity (Wildman–Crippen MR) is 111 cm³/mol. The van der Waals surface area contributed by atoms with Crippen molar-refractivity contribution in [1.82, 2.24) is 25.1 Å². The summed E-state index contributed by atoms with van der Waals surface area (Å²) in [7, 11) is 0. The number of aromatic nitrogens is 5. The SMILES string of the molecule is Cc1sc2nc(CSc3n[nH]c(/C=C/c4ccc(F)cc4)n3)[nH]c(=O)c2c1C. The molecule has 2 N–H and O–H groups in total. The number of halogens is 1. The van der Waals surface area contributed by atoms with Gasteiger partial charge in [-0.15, -0.1) is 16.4 Å². The third kappa shape index (κ3) is 3.90. The smallest absolute Gasteiger partial charge is 0.259 e. The Morgan fingerprint density at radius 3 is 2.75 bits per heavy atom. The molecule has 0 aliphatic heterocycles. The number of thiophene rings is 1. The Morgan fingerprint density at radius 2 is 1.96 bits per heavy atom. The highest BCUT2D eigenvalue weighted by Crippen LogP contribution is 2.26. The lowest BCUT2D eigenvalue weighted by molar-refractivity contribution is 0.628. The average molecular weight is 414 g/mol. The van der Waals surface area contributed by atoms with Crippen molar-refractivity contribution >= 4 is 45.5 Å². The summed E-state index contributed by atoms with van der Waals surface area (Å²) in [5.74, 6) is 1.37. The van der Waals surface area contributed by atoms with Gasteiger partial charge in [0.1, 0.15) is 22.3 Å². The van der Waals surface area contributed by atoms with E-state index < -0.39 is 0 Å². The summed E-state index contributed by atoms with van der Waals surface area (Å²) in [6.07, 6.45) is 3.59. The number of nitrogens with zero attached hydrogens (tertiary/aromatic N) is 3. The maximum absolute atomic E-state index is 12.9. The van der Waals surface area contributed by atoms with Crippen LogP contribution < -0.4 is 5.56 Å². The molecule has 0 saturated heterocycles. The molecule has 0 bridgehead atoms. The van der Waals surface area contributed by atoms with Crippen molar-refractivity contribution in [2.24, 2.45) is 0 Å². The fraction of sp³-hybridized carbons (Fsp3) is 0.158. The first kappa shape index (κ1) is 18.6. The monoisotopic (exact) mass is 413 g/mol. The van der Waals surface area contributed by atoms with E-state index in [4.69, 9.17) is 0 Å². The number of nitrogens with one attached hydrogen (secondary N) is 2. The largest absolute Gasteiger partial charge is 0.309 e. The summed E-state index contributed by atoms with van der Waals surface area (Å²) >= 11 is 2.91. The molecule has 0 atom stereocenters. The molecule has 0 amide bonds. The van der Waals surface area contributed by atoms with E-state index in [1.165, 1.54) is 35.2 Å². The lowest BCUT2D eigenvalue weighted by Crippen LogP contribution is -2.10. The molecule has 0 radical (unpaired) electrons. The highest BCUT2D eigenvalue weighted by molar-refractivity contribution is 7.98. The number of H-pyrrole nitrogens is 2. The molecule has 1 aromatic carbocycles. The fourth-order valence-electron chi connectivity index (χ4n) is 2.65. The molecule has 28 heavy (non-hydrogen) atoms. The minimum absolute atomic E-state index is 0.111. The molecule has 0 fully saturated rings. The Kier molecular flexibility index (Phi) is 5.10. The molecule has 9 heteroatoms. The minimum atomic E-state index is -0.270. The summed E-state index contributed by atoms with van der Waals surface area (Å²) in [6.45, 7) is 3.93. The molecule has 4 aromatic rings. The van der Waals surface area contributed by atoms with Gasteiger partial charge in [0.05, 0.1) is 11.1 Å². The molecule has 0 aliphatic carbocycles. The van der Waals surface area contributed by atoms with Gasteiger partial charge in [-0.25, -0.2) is 14.4 Å². The summed E-state index contributed by atoms with van der Waals surface area (Å²) in [6, 6.07) is 6.18.